The van der Waals surface area contributed by atoms with Crippen LogP contribution in [0.4, 0.5) is 0 Å². The molecule has 2 rings (SSSR count). The molecule has 16 heavy (non-hydrogen) atoms. The van der Waals surface area contributed by atoms with Gasteiger partial charge in [-0.3, -0.25) is 4.79 Å². The van der Waals surface area contributed by atoms with Gasteiger partial charge in [0.1, 0.15) is 0 Å². The summed E-state index contributed by atoms with van der Waals surface area (Å²) >= 11 is 3.74. The van der Waals surface area contributed by atoms with Gasteiger partial charge in [-0.2, -0.15) is 0 Å². The highest BCUT2D eigenvalue weighted by Crippen LogP contribution is 2.07. The second-order valence-corrected chi connectivity index (χ2v) is 5.13. The zero-order valence-corrected chi connectivity index (χ0v) is 11.3. The van der Waals surface area contributed by atoms with Crippen molar-refractivity contribution in [2.24, 2.45) is 0 Å². The van der Waals surface area contributed by atoms with Crippen molar-refractivity contribution in [1.82, 2.24) is 10.3 Å². The monoisotopic (exact) mass is 344 g/mol. The number of thiazole rings is 1. The van der Waals surface area contributed by atoms with E-state index >= 15 is 0 Å². The molecule has 82 valence electrons. The fourth-order valence-corrected chi connectivity index (χ4v) is 2.12. The molecule has 1 heterocycles. The highest BCUT2D eigenvalue weighted by molar-refractivity contribution is 14.1. The molecule has 0 spiro atoms. The molecular formula is C11H9IN2OS. The van der Waals surface area contributed by atoms with Crippen molar-refractivity contribution >= 4 is 39.8 Å². The van der Waals surface area contributed by atoms with Crippen molar-refractivity contribution in [3.05, 3.63) is 50.0 Å². The Morgan fingerprint density at radius 1 is 1.38 bits per heavy atom. The minimum Gasteiger partial charge on any atom is -0.346 e. The molecule has 0 bridgehead atoms. The standard InChI is InChI=1S/C11H9IN2OS/c12-9-3-1-8(2-4-9)11(15)13-5-10-6-16-7-14-10/h1-4,6-7H,5H2,(H,13,15). The third-order valence-electron chi connectivity index (χ3n) is 2.02. The van der Waals surface area contributed by atoms with Crippen LogP contribution in [-0.4, -0.2) is 10.9 Å². The normalized spacial score (nSPS) is 10.1. The number of nitrogens with zero attached hydrogens (tertiary/aromatic N) is 1. The lowest BCUT2D eigenvalue weighted by atomic mass is 10.2. The summed E-state index contributed by atoms with van der Waals surface area (Å²) in [6, 6.07) is 7.47. The molecule has 3 nitrogen and oxygen atoms in total. The summed E-state index contributed by atoms with van der Waals surface area (Å²) in [6.45, 7) is 0.480. The van der Waals surface area contributed by atoms with Crippen LogP contribution in [0.25, 0.3) is 0 Å². The number of halogens is 1. The van der Waals surface area contributed by atoms with Crippen LogP contribution in [0.3, 0.4) is 0 Å². The maximum absolute atomic E-state index is 11.7. The number of hydrogen-bond acceptors (Lipinski definition) is 3. The van der Waals surface area contributed by atoms with Gasteiger partial charge in [0.05, 0.1) is 17.7 Å². The van der Waals surface area contributed by atoms with Gasteiger partial charge in [-0.25, -0.2) is 4.98 Å². The zero-order chi connectivity index (χ0) is 11.4. The molecule has 0 aliphatic heterocycles. The molecule has 1 amide bonds. The summed E-state index contributed by atoms with van der Waals surface area (Å²) in [5, 5.41) is 4.75. The predicted octanol–water partition coefficient (Wildman–Crippen LogP) is 2.68. The molecule has 0 saturated carbocycles. The largest absolute Gasteiger partial charge is 0.346 e. The highest BCUT2D eigenvalue weighted by atomic mass is 127. The molecule has 0 radical (unpaired) electrons. The number of aromatic nitrogens is 1. The van der Waals surface area contributed by atoms with E-state index < -0.39 is 0 Å². The molecule has 5 heteroatoms. The summed E-state index contributed by atoms with van der Waals surface area (Å²) in [4.78, 5) is 15.8. The number of amides is 1. The Balaban J connectivity index is 1.95. The Morgan fingerprint density at radius 3 is 2.75 bits per heavy atom. The van der Waals surface area contributed by atoms with E-state index in [4.69, 9.17) is 0 Å². The average Bonchev–Trinajstić information content (AvgIpc) is 2.80. The van der Waals surface area contributed by atoms with Crippen molar-refractivity contribution in [3.63, 3.8) is 0 Å². The smallest absolute Gasteiger partial charge is 0.251 e. The number of rotatable bonds is 3. The van der Waals surface area contributed by atoms with E-state index in [1.54, 1.807) is 5.51 Å². The molecule has 0 saturated heterocycles. The van der Waals surface area contributed by atoms with E-state index in [0.717, 1.165) is 9.26 Å². The molecule has 0 aliphatic rings. The SMILES string of the molecule is O=C(NCc1cscn1)c1ccc(I)cc1. The molecule has 1 aromatic carbocycles. The first kappa shape index (κ1) is 11.5. The molecular weight excluding hydrogens is 335 g/mol. The Hall–Kier alpha value is -0.950. The fraction of sp³-hybridized carbons (Fsp3) is 0.0909. The van der Waals surface area contributed by atoms with Crippen LogP contribution < -0.4 is 5.32 Å². The molecule has 2 aromatic rings. The third-order valence-corrected chi connectivity index (χ3v) is 3.37. The van der Waals surface area contributed by atoms with Gasteiger partial charge >= 0.3 is 0 Å². The van der Waals surface area contributed by atoms with Crippen LogP contribution in [0.5, 0.6) is 0 Å². The van der Waals surface area contributed by atoms with E-state index in [0.29, 0.717) is 12.1 Å². The summed E-state index contributed by atoms with van der Waals surface area (Å²) in [6.07, 6.45) is 0. The van der Waals surface area contributed by atoms with Gasteiger partial charge in [-0.1, -0.05) is 0 Å². The first-order valence-corrected chi connectivity index (χ1v) is 6.69. The fourth-order valence-electron chi connectivity index (χ4n) is 1.20. The lowest BCUT2D eigenvalue weighted by molar-refractivity contribution is 0.0950. The van der Waals surface area contributed by atoms with E-state index in [1.165, 1.54) is 11.3 Å². The van der Waals surface area contributed by atoms with Crippen molar-refractivity contribution in [2.75, 3.05) is 0 Å². The van der Waals surface area contributed by atoms with E-state index in [2.05, 4.69) is 32.9 Å². The summed E-state index contributed by atoms with van der Waals surface area (Å²) in [7, 11) is 0. The first-order valence-electron chi connectivity index (χ1n) is 4.66. The Bertz CT molecular complexity index is 467. The van der Waals surface area contributed by atoms with Gasteiger partial charge in [-0.05, 0) is 46.9 Å². The quantitative estimate of drug-likeness (QED) is 0.870. The number of hydrogen-bond donors (Lipinski definition) is 1. The minimum absolute atomic E-state index is 0.0654. The number of nitrogens with one attached hydrogen (secondary N) is 1. The molecule has 0 aliphatic carbocycles. The summed E-state index contributed by atoms with van der Waals surface area (Å²) < 4.78 is 1.12. The second kappa shape index (κ2) is 5.40. The Kier molecular flexibility index (Phi) is 3.89. The van der Waals surface area contributed by atoms with Gasteiger partial charge in [-0.15, -0.1) is 11.3 Å². The van der Waals surface area contributed by atoms with Crippen LogP contribution in [-0.2, 0) is 6.54 Å². The van der Waals surface area contributed by atoms with Crippen LogP contribution in [0, 0.1) is 3.57 Å². The Morgan fingerprint density at radius 2 is 2.12 bits per heavy atom. The Labute approximate surface area is 111 Å². The van der Waals surface area contributed by atoms with Crippen LogP contribution in [0.15, 0.2) is 35.2 Å². The highest BCUT2D eigenvalue weighted by Gasteiger charge is 2.04. The summed E-state index contributed by atoms with van der Waals surface area (Å²) in [5.41, 5.74) is 3.33. The van der Waals surface area contributed by atoms with Gasteiger partial charge in [0.2, 0.25) is 0 Å². The molecule has 0 fully saturated rings. The van der Waals surface area contributed by atoms with E-state index in [1.807, 2.05) is 29.6 Å². The minimum atomic E-state index is -0.0654. The summed E-state index contributed by atoms with van der Waals surface area (Å²) in [5.74, 6) is -0.0654. The van der Waals surface area contributed by atoms with E-state index in [-0.39, 0.29) is 5.91 Å². The number of carbonyl (C=O) groups excluding carboxylic acids is 1. The maximum atomic E-state index is 11.7. The maximum Gasteiger partial charge on any atom is 0.251 e. The predicted molar refractivity (Wildman–Crippen MR) is 72.4 cm³/mol. The second-order valence-electron chi connectivity index (χ2n) is 3.17. The van der Waals surface area contributed by atoms with Crippen molar-refractivity contribution in [3.8, 4) is 0 Å². The van der Waals surface area contributed by atoms with Crippen LogP contribution in [0.2, 0.25) is 0 Å². The molecule has 1 N–H and O–H groups in total. The zero-order valence-electron chi connectivity index (χ0n) is 8.31. The van der Waals surface area contributed by atoms with Crippen molar-refractivity contribution in [1.29, 1.82) is 0 Å². The van der Waals surface area contributed by atoms with Crippen LogP contribution in [0.1, 0.15) is 16.1 Å². The third kappa shape index (κ3) is 3.02. The lowest BCUT2D eigenvalue weighted by Crippen LogP contribution is -2.22. The van der Waals surface area contributed by atoms with Crippen molar-refractivity contribution < 1.29 is 4.79 Å². The van der Waals surface area contributed by atoms with Gasteiger partial charge in [0.25, 0.3) is 5.91 Å². The average molecular weight is 344 g/mol. The van der Waals surface area contributed by atoms with E-state index in [9.17, 15) is 4.79 Å². The van der Waals surface area contributed by atoms with Gasteiger partial charge in [0.15, 0.2) is 0 Å². The number of carbonyl (C=O) groups is 1. The van der Waals surface area contributed by atoms with Crippen molar-refractivity contribution in [2.45, 2.75) is 6.54 Å². The lowest BCUT2D eigenvalue weighted by Gasteiger charge is -2.03. The van der Waals surface area contributed by atoms with Crippen LogP contribution >= 0.6 is 33.9 Å². The van der Waals surface area contributed by atoms with Gasteiger partial charge in [0, 0.05) is 14.5 Å². The molecule has 0 unspecified atom stereocenters. The van der Waals surface area contributed by atoms with Gasteiger partial charge < -0.3 is 5.32 Å². The molecule has 1 aromatic heterocycles. The molecule has 0 atom stereocenters. The first-order chi connectivity index (χ1) is 7.75. The number of benzene rings is 1. The topological polar surface area (TPSA) is 42.0 Å².